The Bertz CT molecular complexity index is 1310. The zero-order valence-electron chi connectivity index (χ0n) is 19.9. The average Bonchev–Trinajstić information content (AvgIpc) is 3.27. The Balaban J connectivity index is 1.33. The third-order valence-corrected chi connectivity index (χ3v) is 6.48. The monoisotopic (exact) mass is 487 g/mol. The number of rotatable bonds is 8. The van der Waals surface area contributed by atoms with Gasteiger partial charge in [0.15, 0.2) is 0 Å². The molecule has 1 N–H and O–H groups in total. The fourth-order valence-corrected chi connectivity index (χ4v) is 4.67. The van der Waals surface area contributed by atoms with Crippen molar-refractivity contribution < 1.29 is 28.5 Å². The minimum atomic E-state index is -0.901. The van der Waals surface area contributed by atoms with Crippen molar-refractivity contribution in [3.05, 3.63) is 77.2 Å². The van der Waals surface area contributed by atoms with Gasteiger partial charge in [-0.1, -0.05) is 24.1 Å². The third kappa shape index (κ3) is 5.05. The van der Waals surface area contributed by atoms with Crippen molar-refractivity contribution in [2.45, 2.75) is 44.3 Å². The van der Waals surface area contributed by atoms with Gasteiger partial charge in [-0.2, -0.15) is 0 Å². The Morgan fingerprint density at radius 1 is 1.17 bits per heavy atom. The molecule has 1 saturated heterocycles. The maximum Gasteiger partial charge on any atom is 0.304 e. The molecule has 36 heavy (non-hydrogen) atoms. The summed E-state index contributed by atoms with van der Waals surface area (Å²) < 4.78 is 32.0. The molecule has 1 aliphatic heterocycles. The van der Waals surface area contributed by atoms with Crippen molar-refractivity contribution in [3.63, 3.8) is 0 Å². The quantitative estimate of drug-likeness (QED) is 0.434. The smallest absolute Gasteiger partial charge is 0.304 e. The van der Waals surface area contributed by atoms with Crippen LogP contribution in [0.15, 0.2) is 54.7 Å². The molecule has 2 aromatic carbocycles. The molecule has 2 aliphatic rings. The zero-order chi connectivity index (χ0) is 25.1. The molecule has 0 amide bonds. The molecular formula is C29H26FNO5. The van der Waals surface area contributed by atoms with Gasteiger partial charge in [-0.25, -0.2) is 9.37 Å². The van der Waals surface area contributed by atoms with Crippen molar-refractivity contribution in [1.82, 2.24) is 4.98 Å². The van der Waals surface area contributed by atoms with Gasteiger partial charge in [-0.05, 0) is 60.7 Å². The molecule has 0 bridgehead atoms. The Kier molecular flexibility index (Phi) is 6.88. The van der Waals surface area contributed by atoms with Crippen molar-refractivity contribution >= 4 is 5.97 Å². The summed E-state index contributed by atoms with van der Waals surface area (Å²) in [5.41, 5.74) is 4.15. The van der Waals surface area contributed by atoms with E-state index in [4.69, 9.17) is 19.3 Å². The van der Waals surface area contributed by atoms with Crippen LogP contribution < -0.4 is 9.47 Å². The Morgan fingerprint density at radius 3 is 2.61 bits per heavy atom. The summed E-state index contributed by atoms with van der Waals surface area (Å²) in [5.74, 6) is 5.31. The lowest BCUT2D eigenvalue weighted by molar-refractivity contribution is -0.137. The number of fused-ring (bicyclic) bond motifs is 1. The molecule has 2 heterocycles. The normalized spacial score (nSPS) is 17.3. The molecule has 0 saturated carbocycles. The second-order valence-corrected chi connectivity index (χ2v) is 8.91. The summed E-state index contributed by atoms with van der Waals surface area (Å²) in [4.78, 5) is 15.6. The van der Waals surface area contributed by atoms with Crippen LogP contribution in [0, 0.1) is 17.7 Å². The van der Waals surface area contributed by atoms with Crippen LogP contribution in [0.25, 0.3) is 11.1 Å². The van der Waals surface area contributed by atoms with Crippen LogP contribution in [0.3, 0.4) is 0 Å². The summed E-state index contributed by atoms with van der Waals surface area (Å²) in [6, 6.07) is 14.3. The Morgan fingerprint density at radius 2 is 1.97 bits per heavy atom. The first kappa shape index (κ1) is 23.8. The highest BCUT2D eigenvalue weighted by Crippen LogP contribution is 2.42. The van der Waals surface area contributed by atoms with Crippen LogP contribution in [0.4, 0.5) is 4.39 Å². The number of ether oxygens (including phenoxy) is 3. The van der Waals surface area contributed by atoms with Gasteiger partial charge in [0.25, 0.3) is 0 Å². The molecule has 2 atom stereocenters. The third-order valence-electron chi connectivity index (χ3n) is 6.48. The number of benzene rings is 2. The van der Waals surface area contributed by atoms with Crippen molar-refractivity contribution in [2.24, 2.45) is 0 Å². The lowest BCUT2D eigenvalue weighted by Gasteiger charge is -2.26. The van der Waals surface area contributed by atoms with Crippen molar-refractivity contribution in [2.75, 3.05) is 13.2 Å². The van der Waals surface area contributed by atoms with E-state index in [1.807, 2.05) is 24.3 Å². The predicted octanol–water partition coefficient (Wildman–Crippen LogP) is 5.31. The summed E-state index contributed by atoms with van der Waals surface area (Å²) in [6.45, 7) is 2.85. The first-order valence-corrected chi connectivity index (χ1v) is 11.9. The largest absolute Gasteiger partial charge is 0.486 e. The minimum Gasteiger partial charge on any atom is -0.486 e. The van der Waals surface area contributed by atoms with Crippen LogP contribution in [0.2, 0.25) is 0 Å². The topological polar surface area (TPSA) is 77.9 Å². The molecule has 184 valence electrons. The number of halogens is 1. The van der Waals surface area contributed by atoms with E-state index < -0.39 is 12.1 Å². The number of carboxylic acid groups (broad SMARTS) is 1. The van der Waals surface area contributed by atoms with E-state index in [0.717, 1.165) is 22.3 Å². The number of aliphatic carboxylic acids is 1. The number of carbonyl (C=O) groups is 1. The van der Waals surface area contributed by atoms with Gasteiger partial charge in [0, 0.05) is 23.4 Å². The van der Waals surface area contributed by atoms with E-state index in [-0.39, 0.29) is 24.3 Å². The zero-order valence-corrected chi connectivity index (χ0v) is 19.9. The van der Waals surface area contributed by atoms with Gasteiger partial charge >= 0.3 is 5.97 Å². The van der Waals surface area contributed by atoms with Crippen molar-refractivity contribution in [3.8, 4) is 34.6 Å². The number of nitrogens with zero attached hydrogens (tertiary/aromatic N) is 1. The van der Waals surface area contributed by atoms with Gasteiger partial charge in [0.1, 0.15) is 23.8 Å². The SMILES string of the molecule is CC#CC(CC(=O)O)c1ccc(O[C@@H]2CCc3c(-c4ccc(OC5COC5)nc4)ccc(F)c32)cc1. The Labute approximate surface area is 209 Å². The van der Waals surface area contributed by atoms with E-state index in [1.165, 1.54) is 6.07 Å². The number of carboxylic acids is 1. The number of pyridine rings is 1. The molecule has 1 unspecified atom stereocenters. The second kappa shape index (κ2) is 10.4. The number of hydrogen-bond acceptors (Lipinski definition) is 5. The lowest BCUT2D eigenvalue weighted by atomic mass is 9.96. The summed E-state index contributed by atoms with van der Waals surface area (Å²) in [5, 5.41) is 9.16. The van der Waals surface area contributed by atoms with Gasteiger partial charge in [0.2, 0.25) is 5.88 Å². The van der Waals surface area contributed by atoms with E-state index in [2.05, 4.69) is 16.8 Å². The van der Waals surface area contributed by atoms with Gasteiger partial charge in [-0.15, -0.1) is 5.92 Å². The van der Waals surface area contributed by atoms with Crippen molar-refractivity contribution in [1.29, 1.82) is 0 Å². The second-order valence-electron chi connectivity index (χ2n) is 8.91. The molecule has 1 fully saturated rings. The van der Waals surface area contributed by atoms with E-state index in [9.17, 15) is 9.18 Å². The Hall–Kier alpha value is -3.89. The molecule has 3 aromatic rings. The fraction of sp³-hybridized carbons (Fsp3) is 0.310. The summed E-state index contributed by atoms with van der Waals surface area (Å²) in [6.07, 6.45) is 2.67. The minimum absolute atomic E-state index is 0.0491. The number of hydrogen-bond donors (Lipinski definition) is 1. The molecule has 1 aliphatic carbocycles. The van der Waals surface area contributed by atoms with Crippen LogP contribution in [0.5, 0.6) is 11.6 Å². The van der Waals surface area contributed by atoms with Gasteiger partial charge in [0.05, 0.1) is 25.6 Å². The van der Waals surface area contributed by atoms with E-state index in [0.29, 0.717) is 43.2 Å². The predicted molar refractivity (Wildman–Crippen MR) is 131 cm³/mol. The number of aromatic nitrogens is 1. The maximum absolute atomic E-state index is 15.0. The first-order valence-electron chi connectivity index (χ1n) is 11.9. The molecular weight excluding hydrogens is 461 g/mol. The molecule has 0 spiro atoms. The van der Waals surface area contributed by atoms with Gasteiger partial charge in [-0.3, -0.25) is 4.79 Å². The lowest BCUT2D eigenvalue weighted by Crippen LogP contribution is -2.38. The van der Waals surface area contributed by atoms with E-state index >= 15 is 0 Å². The van der Waals surface area contributed by atoms with Gasteiger partial charge < -0.3 is 19.3 Å². The van der Waals surface area contributed by atoms with Crippen LogP contribution in [-0.4, -0.2) is 35.4 Å². The highest BCUT2D eigenvalue weighted by atomic mass is 19.1. The van der Waals surface area contributed by atoms with Crippen LogP contribution in [-0.2, 0) is 16.0 Å². The molecule has 7 heteroatoms. The molecule has 6 nitrogen and oxygen atoms in total. The van der Waals surface area contributed by atoms with E-state index in [1.54, 1.807) is 31.3 Å². The molecule has 1 aromatic heterocycles. The first-order chi connectivity index (χ1) is 17.5. The summed E-state index contributed by atoms with van der Waals surface area (Å²) in [7, 11) is 0. The van der Waals surface area contributed by atoms with Crippen LogP contribution in [0.1, 0.15) is 48.5 Å². The molecule has 5 rings (SSSR count). The average molecular weight is 488 g/mol. The standard InChI is InChI=1S/C29H26FNO5/c1-2-3-19(14-28(32)33)18-4-7-21(8-5-18)35-26-12-10-24-23(9-11-25(30)29(24)26)20-6-13-27(31-15-20)36-22-16-34-17-22/h4-9,11,13,15,19,22,26H,10,12,14,16-17H2,1H3,(H,32,33)/t19?,26-/m1/s1. The highest BCUT2D eigenvalue weighted by molar-refractivity contribution is 5.70. The molecule has 0 radical (unpaired) electrons. The highest BCUT2D eigenvalue weighted by Gasteiger charge is 2.30. The van der Waals surface area contributed by atoms with Crippen LogP contribution >= 0.6 is 0 Å². The fourth-order valence-electron chi connectivity index (χ4n) is 4.67. The maximum atomic E-state index is 15.0. The summed E-state index contributed by atoms with van der Waals surface area (Å²) >= 11 is 0.